The average molecular weight is 262 g/mol. The number of carboxylic acid groups (broad SMARTS) is 1. The Morgan fingerprint density at radius 3 is 2.78 bits per heavy atom. The summed E-state index contributed by atoms with van der Waals surface area (Å²) < 4.78 is 0. The highest BCUT2D eigenvalue weighted by Gasteiger charge is 2.15. The lowest BCUT2D eigenvalue weighted by Gasteiger charge is -2.06. The van der Waals surface area contributed by atoms with Crippen LogP contribution in [-0.4, -0.2) is 22.0 Å². The van der Waals surface area contributed by atoms with E-state index >= 15 is 0 Å². The van der Waals surface area contributed by atoms with Crippen molar-refractivity contribution in [3.05, 3.63) is 45.9 Å². The van der Waals surface area contributed by atoms with Gasteiger partial charge < -0.3 is 10.4 Å². The summed E-state index contributed by atoms with van der Waals surface area (Å²) in [4.78, 5) is 26.6. The van der Waals surface area contributed by atoms with E-state index < -0.39 is 5.97 Å². The number of carbonyl (C=O) groups is 2. The van der Waals surface area contributed by atoms with Gasteiger partial charge >= 0.3 is 5.97 Å². The Morgan fingerprint density at radius 2 is 2.17 bits per heavy atom. The third-order valence-corrected chi connectivity index (χ3v) is 3.22. The normalized spacial score (nSPS) is 10.1. The van der Waals surface area contributed by atoms with Gasteiger partial charge in [0.05, 0.1) is 11.3 Å². The number of thiophene rings is 1. The van der Waals surface area contributed by atoms with Crippen molar-refractivity contribution in [1.29, 1.82) is 0 Å². The SMILES string of the molecule is Cc1cscc1C(=O)Nc1cccnc1C(=O)O. The summed E-state index contributed by atoms with van der Waals surface area (Å²) in [6, 6.07) is 3.08. The van der Waals surface area contributed by atoms with Gasteiger partial charge in [0.2, 0.25) is 0 Å². The first-order valence-corrected chi connectivity index (χ1v) is 6.06. The fourth-order valence-corrected chi connectivity index (χ4v) is 2.29. The Kier molecular flexibility index (Phi) is 3.38. The molecule has 2 N–H and O–H groups in total. The first kappa shape index (κ1) is 12.3. The van der Waals surface area contributed by atoms with Crippen LogP contribution in [0, 0.1) is 6.92 Å². The number of rotatable bonds is 3. The van der Waals surface area contributed by atoms with Crippen molar-refractivity contribution in [1.82, 2.24) is 4.98 Å². The van der Waals surface area contributed by atoms with Crippen LogP contribution in [0.25, 0.3) is 0 Å². The minimum atomic E-state index is -1.17. The molecule has 0 bridgehead atoms. The molecule has 0 aliphatic rings. The molecule has 0 atom stereocenters. The van der Waals surface area contributed by atoms with E-state index in [1.165, 1.54) is 23.6 Å². The molecule has 0 radical (unpaired) electrons. The lowest BCUT2D eigenvalue weighted by molar-refractivity contribution is 0.0692. The molecule has 0 spiro atoms. The van der Waals surface area contributed by atoms with Gasteiger partial charge in [0, 0.05) is 11.6 Å². The lowest BCUT2D eigenvalue weighted by Crippen LogP contribution is -2.15. The van der Waals surface area contributed by atoms with Crippen LogP contribution in [0.4, 0.5) is 5.69 Å². The quantitative estimate of drug-likeness (QED) is 0.890. The monoisotopic (exact) mass is 262 g/mol. The molecule has 2 rings (SSSR count). The standard InChI is InChI=1S/C12H10N2O3S/c1-7-5-18-6-8(7)11(15)14-9-3-2-4-13-10(9)12(16)17/h2-6H,1H3,(H,14,15)(H,16,17). The molecule has 1 amide bonds. The third-order valence-electron chi connectivity index (χ3n) is 2.36. The molecule has 2 aromatic heterocycles. The number of pyridine rings is 1. The molecular formula is C12H10N2O3S. The van der Waals surface area contributed by atoms with Crippen LogP contribution in [0.2, 0.25) is 0 Å². The van der Waals surface area contributed by atoms with Gasteiger partial charge in [0.15, 0.2) is 5.69 Å². The molecule has 0 aliphatic carbocycles. The number of nitrogens with one attached hydrogen (secondary N) is 1. The molecular weight excluding hydrogens is 252 g/mol. The Balaban J connectivity index is 2.28. The Morgan fingerprint density at radius 1 is 1.39 bits per heavy atom. The van der Waals surface area contributed by atoms with E-state index in [1.807, 2.05) is 12.3 Å². The van der Waals surface area contributed by atoms with Crippen LogP contribution in [-0.2, 0) is 0 Å². The number of aryl methyl sites for hydroxylation is 1. The van der Waals surface area contributed by atoms with Crippen LogP contribution < -0.4 is 5.32 Å². The van der Waals surface area contributed by atoms with Gasteiger partial charge in [0.1, 0.15) is 0 Å². The second-order valence-electron chi connectivity index (χ2n) is 3.63. The second kappa shape index (κ2) is 4.97. The molecule has 0 unspecified atom stereocenters. The van der Waals surface area contributed by atoms with E-state index in [2.05, 4.69) is 10.3 Å². The van der Waals surface area contributed by atoms with Crippen LogP contribution in [0.5, 0.6) is 0 Å². The van der Waals surface area contributed by atoms with Gasteiger partial charge in [-0.25, -0.2) is 9.78 Å². The fraction of sp³-hybridized carbons (Fsp3) is 0.0833. The van der Waals surface area contributed by atoms with Crippen molar-refractivity contribution in [3.8, 4) is 0 Å². The van der Waals surface area contributed by atoms with Gasteiger partial charge in [-0.05, 0) is 30.0 Å². The van der Waals surface area contributed by atoms with Gasteiger partial charge in [-0.3, -0.25) is 4.79 Å². The molecule has 6 heteroatoms. The topological polar surface area (TPSA) is 79.3 Å². The molecule has 5 nitrogen and oxygen atoms in total. The van der Waals surface area contributed by atoms with E-state index in [0.717, 1.165) is 5.56 Å². The summed E-state index contributed by atoms with van der Waals surface area (Å²) in [5, 5.41) is 15.1. The summed E-state index contributed by atoms with van der Waals surface area (Å²) >= 11 is 1.42. The number of hydrogen-bond donors (Lipinski definition) is 2. The second-order valence-corrected chi connectivity index (χ2v) is 4.37. The molecule has 0 aliphatic heterocycles. The Bertz CT molecular complexity index is 607. The van der Waals surface area contributed by atoms with E-state index in [0.29, 0.717) is 5.56 Å². The number of amides is 1. The maximum Gasteiger partial charge on any atom is 0.356 e. The zero-order valence-corrected chi connectivity index (χ0v) is 10.3. The Hall–Kier alpha value is -2.21. The summed E-state index contributed by atoms with van der Waals surface area (Å²) in [5.41, 5.74) is 1.43. The van der Waals surface area contributed by atoms with Crippen molar-refractivity contribution in [3.63, 3.8) is 0 Å². The zero-order chi connectivity index (χ0) is 13.1. The maximum atomic E-state index is 11.9. The molecule has 2 aromatic rings. The summed E-state index contributed by atoms with van der Waals surface area (Å²) in [5.74, 6) is -1.50. The first-order chi connectivity index (χ1) is 8.59. The number of carbonyl (C=O) groups excluding carboxylic acids is 1. The van der Waals surface area contributed by atoms with Crippen LogP contribution in [0.3, 0.4) is 0 Å². The highest BCUT2D eigenvalue weighted by molar-refractivity contribution is 7.08. The smallest absolute Gasteiger partial charge is 0.356 e. The third kappa shape index (κ3) is 2.38. The van der Waals surface area contributed by atoms with E-state index in [4.69, 9.17) is 5.11 Å². The number of nitrogens with zero attached hydrogens (tertiary/aromatic N) is 1. The zero-order valence-electron chi connectivity index (χ0n) is 9.51. The van der Waals surface area contributed by atoms with E-state index in [-0.39, 0.29) is 17.3 Å². The van der Waals surface area contributed by atoms with Gasteiger partial charge in [0.25, 0.3) is 5.91 Å². The van der Waals surface area contributed by atoms with Crippen molar-refractivity contribution in [2.75, 3.05) is 5.32 Å². The molecule has 2 heterocycles. The number of aromatic nitrogens is 1. The average Bonchev–Trinajstić information content (AvgIpc) is 2.76. The van der Waals surface area contributed by atoms with Gasteiger partial charge in [-0.15, -0.1) is 0 Å². The number of carboxylic acids is 1. The molecule has 0 saturated carbocycles. The molecule has 18 heavy (non-hydrogen) atoms. The van der Waals surface area contributed by atoms with Crippen molar-refractivity contribution < 1.29 is 14.7 Å². The largest absolute Gasteiger partial charge is 0.476 e. The predicted octanol–water partition coefficient (Wildman–Crippen LogP) is 2.40. The highest BCUT2D eigenvalue weighted by atomic mass is 32.1. The Labute approximate surface area is 107 Å². The molecule has 0 fully saturated rings. The van der Waals surface area contributed by atoms with Crippen molar-refractivity contribution >= 4 is 28.9 Å². The number of hydrogen-bond acceptors (Lipinski definition) is 4. The predicted molar refractivity (Wildman–Crippen MR) is 68.2 cm³/mol. The molecule has 0 aromatic carbocycles. The van der Waals surface area contributed by atoms with Crippen molar-refractivity contribution in [2.24, 2.45) is 0 Å². The number of anilines is 1. The number of aromatic carboxylic acids is 1. The van der Waals surface area contributed by atoms with E-state index in [9.17, 15) is 9.59 Å². The maximum absolute atomic E-state index is 11.9. The highest BCUT2D eigenvalue weighted by Crippen LogP contribution is 2.17. The van der Waals surface area contributed by atoms with Crippen LogP contribution in [0.1, 0.15) is 26.4 Å². The first-order valence-electron chi connectivity index (χ1n) is 5.12. The van der Waals surface area contributed by atoms with Gasteiger partial charge in [-0.1, -0.05) is 0 Å². The fourth-order valence-electron chi connectivity index (χ4n) is 1.46. The van der Waals surface area contributed by atoms with Gasteiger partial charge in [-0.2, -0.15) is 11.3 Å². The minimum absolute atomic E-state index is 0.168. The summed E-state index contributed by atoms with van der Waals surface area (Å²) in [6.07, 6.45) is 1.37. The van der Waals surface area contributed by atoms with Crippen LogP contribution in [0.15, 0.2) is 29.1 Å². The summed E-state index contributed by atoms with van der Waals surface area (Å²) in [7, 11) is 0. The van der Waals surface area contributed by atoms with E-state index in [1.54, 1.807) is 11.4 Å². The minimum Gasteiger partial charge on any atom is -0.476 e. The van der Waals surface area contributed by atoms with Crippen molar-refractivity contribution in [2.45, 2.75) is 6.92 Å². The lowest BCUT2D eigenvalue weighted by atomic mass is 10.2. The van der Waals surface area contributed by atoms with Crippen LogP contribution >= 0.6 is 11.3 Å². The molecule has 0 saturated heterocycles. The summed E-state index contributed by atoms with van der Waals surface area (Å²) in [6.45, 7) is 1.83. The molecule has 92 valence electrons.